The first-order valence-corrected chi connectivity index (χ1v) is 5.02. The largest absolute Gasteiger partial charge is 0.393 e. The van der Waals surface area contributed by atoms with E-state index in [9.17, 15) is 13.2 Å². The van der Waals surface area contributed by atoms with Gasteiger partial charge in [0.2, 0.25) is 0 Å². The molecule has 0 bridgehead atoms. The SMILES string of the molecule is CC(CN=C(N)NC1CCC1)C(F)(F)F. The normalized spacial score (nSPS) is 20.9. The van der Waals surface area contributed by atoms with Crippen molar-refractivity contribution in [3.63, 3.8) is 0 Å². The maximum Gasteiger partial charge on any atom is 0.393 e. The molecule has 0 amide bonds. The van der Waals surface area contributed by atoms with Gasteiger partial charge < -0.3 is 11.1 Å². The van der Waals surface area contributed by atoms with Gasteiger partial charge in [0, 0.05) is 6.04 Å². The third-order valence-electron chi connectivity index (χ3n) is 2.55. The molecule has 3 N–H and O–H groups in total. The van der Waals surface area contributed by atoms with Gasteiger partial charge in [-0.3, -0.25) is 4.99 Å². The number of guanidine groups is 1. The van der Waals surface area contributed by atoms with Crippen LogP contribution in [0.1, 0.15) is 26.2 Å². The minimum Gasteiger partial charge on any atom is -0.370 e. The van der Waals surface area contributed by atoms with Gasteiger partial charge >= 0.3 is 6.18 Å². The summed E-state index contributed by atoms with van der Waals surface area (Å²) in [5, 5.41) is 2.88. The second-order valence-corrected chi connectivity index (χ2v) is 3.94. The van der Waals surface area contributed by atoms with Gasteiger partial charge in [0.1, 0.15) is 0 Å². The van der Waals surface area contributed by atoms with Crippen molar-refractivity contribution < 1.29 is 13.2 Å². The summed E-state index contributed by atoms with van der Waals surface area (Å²) in [4.78, 5) is 3.68. The van der Waals surface area contributed by atoms with Crippen LogP contribution in [0.3, 0.4) is 0 Å². The zero-order chi connectivity index (χ0) is 11.5. The number of hydrogen-bond acceptors (Lipinski definition) is 1. The lowest BCUT2D eigenvalue weighted by atomic mass is 9.93. The Labute approximate surface area is 86.9 Å². The Morgan fingerprint density at radius 1 is 1.53 bits per heavy atom. The van der Waals surface area contributed by atoms with Crippen molar-refractivity contribution in [1.82, 2.24) is 5.32 Å². The van der Waals surface area contributed by atoms with Gasteiger partial charge in [0.25, 0.3) is 0 Å². The molecule has 1 fully saturated rings. The molecule has 0 aromatic heterocycles. The van der Waals surface area contributed by atoms with E-state index in [1.165, 1.54) is 0 Å². The fourth-order valence-electron chi connectivity index (χ4n) is 1.15. The highest BCUT2D eigenvalue weighted by Gasteiger charge is 2.35. The van der Waals surface area contributed by atoms with E-state index in [2.05, 4.69) is 10.3 Å². The van der Waals surface area contributed by atoms with Crippen LogP contribution in [0.5, 0.6) is 0 Å². The van der Waals surface area contributed by atoms with Crippen molar-refractivity contribution in [1.29, 1.82) is 0 Å². The number of nitrogens with one attached hydrogen (secondary N) is 1. The Kier molecular flexibility index (Phi) is 3.82. The first kappa shape index (κ1) is 12.1. The van der Waals surface area contributed by atoms with Gasteiger partial charge in [-0.2, -0.15) is 13.2 Å². The van der Waals surface area contributed by atoms with Crippen molar-refractivity contribution in [2.24, 2.45) is 16.6 Å². The van der Waals surface area contributed by atoms with Crippen LogP contribution in [-0.4, -0.2) is 24.7 Å². The quantitative estimate of drug-likeness (QED) is 0.564. The molecule has 0 spiro atoms. The van der Waals surface area contributed by atoms with Crippen molar-refractivity contribution in [2.75, 3.05) is 6.54 Å². The molecule has 15 heavy (non-hydrogen) atoms. The molecule has 0 aromatic rings. The van der Waals surface area contributed by atoms with Crippen molar-refractivity contribution >= 4 is 5.96 Å². The number of alkyl halides is 3. The highest BCUT2D eigenvalue weighted by atomic mass is 19.4. The lowest BCUT2D eigenvalue weighted by Crippen LogP contribution is -2.44. The average Bonchev–Trinajstić information content (AvgIpc) is 2.05. The molecule has 1 atom stereocenters. The van der Waals surface area contributed by atoms with E-state index in [-0.39, 0.29) is 12.5 Å². The monoisotopic (exact) mass is 223 g/mol. The van der Waals surface area contributed by atoms with E-state index in [4.69, 9.17) is 5.73 Å². The molecule has 0 aromatic carbocycles. The smallest absolute Gasteiger partial charge is 0.370 e. The van der Waals surface area contributed by atoms with E-state index < -0.39 is 12.1 Å². The first-order valence-electron chi connectivity index (χ1n) is 5.02. The minimum absolute atomic E-state index is 0.121. The molecule has 1 saturated carbocycles. The summed E-state index contributed by atoms with van der Waals surface area (Å²) in [5.41, 5.74) is 5.45. The zero-order valence-corrected chi connectivity index (χ0v) is 8.64. The Hall–Kier alpha value is -0.940. The van der Waals surface area contributed by atoms with Crippen LogP contribution in [0.15, 0.2) is 4.99 Å². The molecule has 1 aliphatic rings. The van der Waals surface area contributed by atoms with Crippen LogP contribution in [0.2, 0.25) is 0 Å². The average molecular weight is 223 g/mol. The third-order valence-corrected chi connectivity index (χ3v) is 2.55. The van der Waals surface area contributed by atoms with E-state index in [1.807, 2.05) is 0 Å². The van der Waals surface area contributed by atoms with Crippen LogP contribution in [0.4, 0.5) is 13.2 Å². The van der Waals surface area contributed by atoms with Crippen LogP contribution >= 0.6 is 0 Å². The fraction of sp³-hybridized carbons (Fsp3) is 0.889. The van der Waals surface area contributed by atoms with Gasteiger partial charge in [-0.05, 0) is 19.3 Å². The predicted octanol–water partition coefficient (Wildman–Crippen LogP) is 1.64. The number of halogens is 3. The second kappa shape index (κ2) is 4.72. The van der Waals surface area contributed by atoms with Crippen molar-refractivity contribution in [3.05, 3.63) is 0 Å². The molecule has 0 aliphatic heterocycles. The number of nitrogens with two attached hydrogens (primary N) is 1. The summed E-state index contributed by atoms with van der Waals surface area (Å²) in [7, 11) is 0. The molecular weight excluding hydrogens is 207 g/mol. The Balaban J connectivity index is 2.29. The van der Waals surface area contributed by atoms with Crippen LogP contribution < -0.4 is 11.1 Å². The summed E-state index contributed by atoms with van der Waals surface area (Å²) in [5.74, 6) is -1.32. The molecule has 3 nitrogen and oxygen atoms in total. The summed E-state index contributed by atoms with van der Waals surface area (Å²) < 4.78 is 36.3. The predicted molar refractivity (Wildman–Crippen MR) is 52.5 cm³/mol. The topological polar surface area (TPSA) is 50.4 Å². The molecule has 1 unspecified atom stereocenters. The van der Waals surface area contributed by atoms with E-state index >= 15 is 0 Å². The molecule has 6 heteroatoms. The molecule has 88 valence electrons. The van der Waals surface area contributed by atoms with E-state index in [1.54, 1.807) is 0 Å². The minimum atomic E-state index is -4.19. The molecule has 1 rings (SSSR count). The van der Waals surface area contributed by atoms with Crippen molar-refractivity contribution in [2.45, 2.75) is 38.4 Å². The van der Waals surface area contributed by atoms with Gasteiger partial charge in [-0.15, -0.1) is 0 Å². The standard InChI is InChI=1S/C9H16F3N3/c1-6(9(10,11)12)5-14-8(13)15-7-3-2-4-7/h6-7H,2-5H2,1H3,(H3,13,14,15). The maximum absolute atomic E-state index is 12.1. The van der Waals surface area contributed by atoms with Crippen LogP contribution in [-0.2, 0) is 0 Å². The fourth-order valence-corrected chi connectivity index (χ4v) is 1.15. The van der Waals surface area contributed by atoms with Gasteiger partial charge in [0.05, 0.1) is 12.5 Å². The number of hydrogen-bond donors (Lipinski definition) is 2. The lowest BCUT2D eigenvalue weighted by Gasteiger charge is -2.26. The number of rotatable bonds is 3. The summed E-state index contributed by atoms with van der Waals surface area (Å²) >= 11 is 0. The Morgan fingerprint density at radius 2 is 2.13 bits per heavy atom. The highest BCUT2D eigenvalue weighted by Crippen LogP contribution is 2.25. The zero-order valence-electron chi connectivity index (χ0n) is 8.64. The van der Waals surface area contributed by atoms with Crippen LogP contribution in [0, 0.1) is 5.92 Å². The van der Waals surface area contributed by atoms with E-state index in [0.29, 0.717) is 6.04 Å². The third kappa shape index (κ3) is 3.97. The number of aliphatic imine (C=N–C) groups is 1. The maximum atomic E-state index is 12.1. The Morgan fingerprint density at radius 3 is 2.53 bits per heavy atom. The van der Waals surface area contributed by atoms with Gasteiger partial charge in [-0.1, -0.05) is 6.92 Å². The van der Waals surface area contributed by atoms with Crippen molar-refractivity contribution in [3.8, 4) is 0 Å². The summed E-state index contributed by atoms with van der Waals surface area (Å²) in [6.45, 7) is 0.787. The van der Waals surface area contributed by atoms with Crippen LogP contribution in [0.25, 0.3) is 0 Å². The summed E-state index contributed by atoms with van der Waals surface area (Å²) in [6, 6.07) is 0.301. The molecule has 1 aliphatic carbocycles. The second-order valence-electron chi connectivity index (χ2n) is 3.94. The van der Waals surface area contributed by atoms with Gasteiger partial charge in [0.15, 0.2) is 5.96 Å². The molecule has 0 heterocycles. The highest BCUT2D eigenvalue weighted by molar-refractivity contribution is 5.78. The lowest BCUT2D eigenvalue weighted by molar-refractivity contribution is -0.166. The van der Waals surface area contributed by atoms with E-state index in [0.717, 1.165) is 26.2 Å². The first-order chi connectivity index (χ1) is 6.89. The van der Waals surface area contributed by atoms with Gasteiger partial charge in [-0.25, -0.2) is 0 Å². The molecular formula is C9H16F3N3. The molecule has 0 radical (unpaired) electrons. The summed E-state index contributed by atoms with van der Waals surface area (Å²) in [6.07, 6.45) is -1.01. The number of nitrogens with zero attached hydrogens (tertiary/aromatic N) is 1. The Bertz CT molecular complexity index is 233. The molecule has 0 saturated heterocycles.